The molecule has 0 fully saturated rings. The summed E-state index contributed by atoms with van der Waals surface area (Å²) in [6.07, 6.45) is 31.2. The van der Waals surface area contributed by atoms with E-state index < -0.39 is 26.5 Å². The fourth-order valence-corrected chi connectivity index (χ4v) is 7.41. The van der Waals surface area contributed by atoms with E-state index in [1.165, 1.54) is 122 Å². The number of ether oxygens (including phenoxy) is 2. The highest BCUT2D eigenvalue weighted by atomic mass is 31.2. The highest BCUT2D eigenvalue weighted by Crippen LogP contribution is 2.38. The lowest BCUT2D eigenvalue weighted by atomic mass is 9.96. The molecule has 9 nitrogen and oxygen atoms in total. The summed E-state index contributed by atoms with van der Waals surface area (Å²) in [6, 6.07) is 0. The summed E-state index contributed by atoms with van der Waals surface area (Å²) in [5.74, 6) is 0.660. The summed E-state index contributed by atoms with van der Waals surface area (Å²) in [4.78, 5) is 37.6. The first-order valence-electron chi connectivity index (χ1n) is 22.5. The van der Waals surface area contributed by atoms with E-state index in [4.69, 9.17) is 18.5 Å². The van der Waals surface area contributed by atoms with E-state index in [1.54, 1.807) is 0 Å². The number of carbonyl (C=O) groups is 2. The van der Waals surface area contributed by atoms with Crippen LogP contribution in [0, 0.1) is 11.8 Å². The van der Waals surface area contributed by atoms with Crippen LogP contribution in [0.2, 0.25) is 0 Å². The maximum Gasteiger partial charge on any atom is 0.306 e. The van der Waals surface area contributed by atoms with Gasteiger partial charge in [-0.15, -0.1) is 0 Å². The van der Waals surface area contributed by atoms with E-state index in [0.29, 0.717) is 17.4 Å². The lowest BCUT2D eigenvalue weighted by Gasteiger charge is -2.28. The van der Waals surface area contributed by atoms with Gasteiger partial charge in [0.2, 0.25) is 0 Å². The van der Waals surface area contributed by atoms with Gasteiger partial charge in [0.1, 0.15) is 19.8 Å². The molecule has 322 valence electrons. The van der Waals surface area contributed by atoms with Crippen molar-refractivity contribution in [3.05, 3.63) is 0 Å². The summed E-state index contributed by atoms with van der Waals surface area (Å²) < 4.78 is 34.0. The van der Waals surface area contributed by atoms with E-state index in [-0.39, 0.29) is 32.0 Å². The fraction of sp³-hybridized carbons (Fsp3) is 0.955. The van der Waals surface area contributed by atoms with Gasteiger partial charge in [-0.1, -0.05) is 182 Å². The lowest BCUT2D eigenvalue weighted by Crippen LogP contribution is -2.37. The lowest BCUT2D eigenvalue weighted by molar-refractivity contribution is -0.870. The van der Waals surface area contributed by atoms with Crippen LogP contribution in [0.4, 0.5) is 0 Å². The van der Waals surface area contributed by atoms with E-state index >= 15 is 0 Å². The maximum atomic E-state index is 12.7. The summed E-state index contributed by atoms with van der Waals surface area (Å²) in [5, 5.41) is 0. The average molecular weight is 790 g/mol. The van der Waals surface area contributed by atoms with Crippen molar-refractivity contribution in [1.29, 1.82) is 0 Å². The largest absolute Gasteiger partial charge is 0.756 e. The van der Waals surface area contributed by atoms with Crippen LogP contribution in [0.25, 0.3) is 0 Å². The van der Waals surface area contributed by atoms with Crippen molar-refractivity contribution in [3.8, 4) is 0 Å². The Labute approximate surface area is 334 Å². The average Bonchev–Trinajstić information content (AvgIpc) is 3.10. The van der Waals surface area contributed by atoms with Gasteiger partial charge in [-0.25, -0.2) is 0 Å². The molecule has 4 atom stereocenters. The fourth-order valence-electron chi connectivity index (χ4n) is 6.68. The number of unbranched alkanes of at least 4 members (excludes halogenated alkanes) is 18. The van der Waals surface area contributed by atoms with E-state index in [2.05, 4.69) is 27.7 Å². The Hall–Kier alpha value is -0.990. The van der Waals surface area contributed by atoms with Crippen molar-refractivity contribution in [2.75, 3.05) is 47.5 Å². The molecule has 0 saturated carbocycles. The molecular weight excluding hydrogens is 701 g/mol. The van der Waals surface area contributed by atoms with Crippen molar-refractivity contribution in [2.45, 2.75) is 214 Å². The third-order valence-corrected chi connectivity index (χ3v) is 11.4. The number of phosphoric acid groups is 1. The molecule has 0 rings (SSSR count). The van der Waals surface area contributed by atoms with Crippen molar-refractivity contribution in [3.63, 3.8) is 0 Å². The van der Waals surface area contributed by atoms with Crippen LogP contribution in [-0.4, -0.2) is 70.0 Å². The number of likely N-dealkylation sites (N-methyl/N-ethyl adjacent to an activating group) is 1. The summed E-state index contributed by atoms with van der Waals surface area (Å²) in [7, 11) is 1.17. The number of carbonyl (C=O) groups excluding carboxylic acids is 2. The van der Waals surface area contributed by atoms with Crippen LogP contribution in [-0.2, 0) is 32.7 Å². The van der Waals surface area contributed by atoms with Crippen molar-refractivity contribution < 1.29 is 42.1 Å². The summed E-state index contributed by atoms with van der Waals surface area (Å²) in [5.41, 5.74) is 0. The molecule has 0 aromatic heterocycles. The second kappa shape index (κ2) is 35.2. The number of hydrogen-bond acceptors (Lipinski definition) is 8. The second-order valence-electron chi connectivity index (χ2n) is 17.3. The SMILES string of the molecule is CCCCCCCCCC(C)CCCCCCC(=O)OC[C@H](COP(=O)([O-])OCC[N+](C)(C)C)OC(=O)CCCCCCC(C)CCCCCCCCC. The van der Waals surface area contributed by atoms with Gasteiger partial charge >= 0.3 is 11.9 Å². The third-order valence-electron chi connectivity index (χ3n) is 10.4. The third kappa shape index (κ3) is 37.9. The highest BCUT2D eigenvalue weighted by molar-refractivity contribution is 7.45. The highest BCUT2D eigenvalue weighted by Gasteiger charge is 2.22. The molecule has 0 radical (unpaired) electrons. The first-order chi connectivity index (χ1) is 25.8. The molecule has 0 aliphatic carbocycles. The van der Waals surface area contributed by atoms with Crippen LogP contribution in [0.3, 0.4) is 0 Å². The molecular formula is C44H88NO8P. The minimum absolute atomic E-state index is 0.0280. The predicted molar refractivity (Wildman–Crippen MR) is 222 cm³/mol. The Balaban J connectivity index is 4.47. The van der Waals surface area contributed by atoms with Crippen LogP contribution in [0.1, 0.15) is 207 Å². The number of nitrogens with zero attached hydrogens (tertiary/aromatic N) is 1. The van der Waals surface area contributed by atoms with Gasteiger partial charge in [-0.05, 0) is 24.7 Å². The quantitative estimate of drug-likeness (QED) is 0.0261. The van der Waals surface area contributed by atoms with Crippen molar-refractivity contribution in [1.82, 2.24) is 0 Å². The van der Waals surface area contributed by atoms with E-state index in [0.717, 1.165) is 50.4 Å². The zero-order valence-corrected chi connectivity index (χ0v) is 37.4. The molecule has 0 saturated heterocycles. The van der Waals surface area contributed by atoms with E-state index in [9.17, 15) is 19.0 Å². The molecule has 0 N–H and O–H groups in total. The number of esters is 2. The Bertz CT molecular complexity index is 927. The Kier molecular flexibility index (Phi) is 34.5. The number of quaternary nitrogens is 1. The van der Waals surface area contributed by atoms with Gasteiger partial charge in [0.05, 0.1) is 27.7 Å². The Morgan fingerprint density at radius 2 is 0.944 bits per heavy atom. The zero-order chi connectivity index (χ0) is 40.3. The zero-order valence-electron chi connectivity index (χ0n) is 36.5. The first kappa shape index (κ1) is 53.0. The van der Waals surface area contributed by atoms with Gasteiger partial charge in [-0.3, -0.25) is 14.2 Å². The van der Waals surface area contributed by atoms with Crippen LogP contribution >= 0.6 is 7.82 Å². The predicted octanol–water partition coefficient (Wildman–Crippen LogP) is 11.9. The standard InChI is InChI=1S/C44H88NO8P/c1-8-10-12-14-16-18-24-30-40(3)32-26-20-22-28-34-43(46)50-38-42(39-52-54(48,49)51-37-36-45(5,6)7)53-44(47)35-29-23-21-27-33-41(4)31-25-19-17-15-13-11-9-2/h40-42H,8-39H2,1-7H3/t40?,41?,42-/m1/s1. The second-order valence-corrected chi connectivity index (χ2v) is 18.7. The molecule has 54 heavy (non-hydrogen) atoms. The minimum atomic E-state index is -4.62. The summed E-state index contributed by atoms with van der Waals surface area (Å²) in [6.45, 7) is 8.94. The Morgan fingerprint density at radius 1 is 0.556 bits per heavy atom. The minimum Gasteiger partial charge on any atom is -0.756 e. The molecule has 10 heteroatoms. The summed E-state index contributed by atoms with van der Waals surface area (Å²) >= 11 is 0. The van der Waals surface area contributed by atoms with E-state index in [1.807, 2.05) is 21.1 Å². The van der Waals surface area contributed by atoms with Crippen molar-refractivity contribution in [2.24, 2.45) is 11.8 Å². The molecule has 0 spiro atoms. The molecule has 0 aromatic carbocycles. The van der Waals surface area contributed by atoms with Gasteiger partial charge < -0.3 is 27.9 Å². The Morgan fingerprint density at radius 3 is 1.37 bits per heavy atom. The molecule has 0 bridgehead atoms. The molecule has 0 aliphatic heterocycles. The monoisotopic (exact) mass is 790 g/mol. The number of hydrogen-bond donors (Lipinski definition) is 0. The molecule has 0 amide bonds. The molecule has 0 aromatic rings. The van der Waals surface area contributed by atoms with Crippen LogP contribution < -0.4 is 4.89 Å². The van der Waals surface area contributed by atoms with Gasteiger partial charge in [0, 0.05) is 12.8 Å². The topological polar surface area (TPSA) is 111 Å². The number of phosphoric ester groups is 1. The first-order valence-corrected chi connectivity index (χ1v) is 24.0. The molecule has 3 unspecified atom stereocenters. The smallest absolute Gasteiger partial charge is 0.306 e. The van der Waals surface area contributed by atoms with Crippen LogP contribution in [0.15, 0.2) is 0 Å². The van der Waals surface area contributed by atoms with Gasteiger partial charge in [0.15, 0.2) is 6.10 Å². The van der Waals surface area contributed by atoms with Crippen LogP contribution in [0.5, 0.6) is 0 Å². The maximum absolute atomic E-state index is 12.7. The van der Waals surface area contributed by atoms with Gasteiger partial charge in [-0.2, -0.15) is 0 Å². The number of rotatable bonds is 40. The normalized spacial score (nSPS) is 14.7. The molecule has 0 aliphatic rings. The van der Waals surface area contributed by atoms with Gasteiger partial charge in [0.25, 0.3) is 7.82 Å². The molecule has 0 heterocycles. The van der Waals surface area contributed by atoms with Crippen molar-refractivity contribution >= 4 is 19.8 Å².